The van der Waals surface area contributed by atoms with Gasteiger partial charge in [0.25, 0.3) is 5.91 Å². The van der Waals surface area contributed by atoms with Crippen LogP contribution in [0.25, 0.3) is 5.69 Å². The molecule has 2 heterocycles. The molecule has 1 amide bonds. The van der Waals surface area contributed by atoms with Crippen molar-refractivity contribution in [1.82, 2.24) is 9.78 Å². The Morgan fingerprint density at radius 3 is 2.48 bits per heavy atom. The number of fused-ring (bicyclic) bond motifs is 1. The number of carbonyl (C=O) groups excluding carboxylic acids is 2. The highest BCUT2D eigenvalue weighted by Crippen LogP contribution is 2.32. The first kappa shape index (κ1) is 20.7. The molecule has 1 aliphatic rings. The fourth-order valence-electron chi connectivity index (χ4n) is 3.15. The molecule has 3 aromatic rings. The number of anilines is 1. The smallest absolute Gasteiger partial charge is 0.338 e. The highest BCUT2D eigenvalue weighted by molar-refractivity contribution is 6.31. The van der Waals surface area contributed by atoms with Crippen LogP contribution in [0.3, 0.4) is 0 Å². The summed E-state index contributed by atoms with van der Waals surface area (Å²) in [6.45, 7) is 4.22. The van der Waals surface area contributed by atoms with Crippen molar-refractivity contribution < 1.29 is 23.8 Å². The first-order valence-corrected chi connectivity index (χ1v) is 9.99. The van der Waals surface area contributed by atoms with Crippen molar-refractivity contribution >= 4 is 29.2 Å². The second kappa shape index (κ2) is 8.69. The van der Waals surface area contributed by atoms with Gasteiger partial charge in [-0.2, -0.15) is 5.10 Å². The molecule has 0 spiro atoms. The molecule has 1 aliphatic heterocycles. The van der Waals surface area contributed by atoms with Crippen molar-refractivity contribution in [3.05, 3.63) is 64.4 Å². The number of hydrogen-bond acceptors (Lipinski definition) is 6. The fourth-order valence-corrected chi connectivity index (χ4v) is 3.26. The molecule has 0 radical (unpaired) electrons. The van der Waals surface area contributed by atoms with Gasteiger partial charge in [-0.05, 0) is 50.2 Å². The first-order chi connectivity index (χ1) is 14.9. The van der Waals surface area contributed by atoms with E-state index in [1.54, 1.807) is 47.1 Å². The predicted molar refractivity (Wildman–Crippen MR) is 114 cm³/mol. The molecule has 31 heavy (non-hydrogen) atoms. The van der Waals surface area contributed by atoms with E-state index in [1.807, 2.05) is 13.8 Å². The topological polar surface area (TPSA) is 91.7 Å². The molecule has 0 aliphatic carbocycles. The van der Waals surface area contributed by atoms with Gasteiger partial charge in [0.15, 0.2) is 18.1 Å². The SMILES string of the molecule is Cc1nn(-c2ccc(C(=O)OCC(=O)Nc3ccc4c(c3)OCCO4)cc2)c(C)c1Cl. The van der Waals surface area contributed by atoms with Crippen molar-refractivity contribution in [2.75, 3.05) is 25.1 Å². The molecule has 160 valence electrons. The van der Waals surface area contributed by atoms with Gasteiger partial charge in [-0.15, -0.1) is 0 Å². The van der Waals surface area contributed by atoms with E-state index in [4.69, 9.17) is 25.8 Å². The van der Waals surface area contributed by atoms with Crippen molar-refractivity contribution in [1.29, 1.82) is 0 Å². The summed E-state index contributed by atoms with van der Waals surface area (Å²) < 4.78 is 17.7. The molecule has 1 aromatic heterocycles. The minimum atomic E-state index is -0.602. The minimum Gasteiger partial charge on any atom is -0.486 e. The summed E-state index contributed by atoms with van der Waals surface area (Å²) in [7, 11) is 0. The summed E-state index contributed by atoms with van der Waals surface area (Å²) in [5, 5.41) is 7.65. The molecule has 9 heteroatoms. The lowest BCUT2D eigenvalue weighted by Gasteiger charge is -2.19. The Kier molecular flexibility index (Phi) is 5.81. The van der Waals surface area contributed by atoms with Crippen molar-refractivity contribution in [2.45, 2.75) is 13.8 Å². The van der Waals surface area contributed by atoms with Crippen LogP contribution in [-0.4, -0.2) is 41.5 Å². The van der Waals surface area contributed by atoms with Crippen LogP contribution < -0.4 is 14.8 Å². The number of ether oxygens (including phenoxy) is 3. The van der Waals surface area contributed by atoms with Crippen LogP contribution >= 0.6 is 11.6 Å². The van der Waals surface area contributed by atoms with Crippen LogP contribution in [0.2, 0.25) is 5.02 Å². The Morgan fingerprint density at radius 1 is 1.10 bits per heavy atom. The van der Waals surface area contributed by atoms with E-state index in [9.17, 15) is 9.59 Å². The summed E-state index contributed by atoms with van der Waals surface area (Å²) in [4.78, 5) is 24.4. The Hall–Kier alpha value is -3.52. The average molecular weight is 442 g/mol. The van der Waals surface area contributed by atoms with Gasteiger partial charge in [0, 0.05) is 11.8 Å². The van der Waals surface area contributed by atoms with Crippen LogP contribution in [0.4, 0.5) is 5.69 Å². The molecule has 8 nitrogen and oxygen atoms in total. The molecule has 0 fully saturated rings. The summed E-state index contributed by atoms with van der Waals surface area (Å²) in [6, 6.07) is 11.8. The highest BCUT2D eigenvalue weighted by Gasteiger charge is 2.15. The molecule has 0 atom stereocenters. The number of aromatic nitrogens is 2. The molecule has 0 unspecified atom stereocenters. The number of esters is 1. The maximum absolute atomic E-state index is 12.3. The number of aryl methyl sites for hydroxylation is 1. The van der Waals surface area contributed by atoms with E-state index < -0.39 is 18.5 Å². The molecule has 4 rings (SSSR count). The maximum atomic E-state index is 12.3. The van der Waals surface area contributed by atoms with E-state index in [2.05, 4.69) is 10.4 Å². The van der Waals surface area contributed by atoms with Gasteiger partial charge >= 0.3 is 5.97 Å². The lowest BCUT2D eigenvalue weighted by Crippen LogP contribution is -2.21. The first-order valence-electron chi connectivity index (χ1n) is 9.61. The van der Waals surface area contributed by atoms with Crippen LogP contribution in [0.1, 0.15) is 21.7 Å². The zero-order valence-electron chi connectivity index (χ0n) is 17.0. The fraction of sp³-hybridized carbons (Fsp3) is 0.227. The Morgan fingerprint density at radius 2 is 1.81 bits per heavy atom. The van der Waals surface area contributed by atoms with Crippen LogP contribution in [0.5, 0.6) is 11.5 Å². The van der Waals surface area contributed by atoms with Crippen molar-refractivity contribution in [3.63, 3.8) is 0 Å². The van der Waals surface area contributed by atoms with Crippen LogP contribution in [-0.2, 0) is 9.53 Å². The number of nitrogens with one attached hydrogen (secondary N) is 1. The maximum Gasteiger partial charge on any atom is 0.338 e. The molecule has 0 saturated heterocycles. The predicted octanol–water partition coefficient (Wildman–Crippen LogP) is 3.71. The van der Waals surface area contributed by atoms with Gasteiger partial charge in [0.2, 0.25) is 0 Å². The summed E-state index contributed by atoms with van der Waals surface area (Å²) >= 11 is 6.19. The number of nitrogens with zero attached hydrogens (tertiary/aromatic N) is 2. The third-order valence-corrected chi connectivity index (χ3v) is 5.26. The van der Waals surface area contributed by atoms with Gasteiger partial charge in [0.1, 0.15) is 13.2 Å². The molecular weight excluding hydrogens is 422 g/mol. The van der Waals surface area contributed by atoms with E-state index in [0.717, 1.165) is 17.1 Å². The monoisotopic (exact) mass is 441 g/mol. The van der Waals surface area contributed by atoms with E-state index >= 15 is 0 Å². The number of amides is 1. The standard InChI is InChI=1S/C22H20ClN3O5/c1-13-21(23)14(2)26(25-13)17-6-3-15(4-7-17)22(28)31-12-20(27)24-16-5-8-18-19(11-16)30-10-9-29-18/h3-8,11H,9-10,12H2,1-2H3,(H,24,27). The average Bonchev–Trinajstić information content (AvgIpc) is 3.04. The third-order valence-electron chi connectivity index (χ3n) is 4.71. The Labute approximate surface area is 183 Å². The summed E-state index contributed by atoms with van der Waals surface area (Å²) in [6.07, 6.45) is 0. The van der Waals surface area contributed by atoms with E-state index in [1.165, 1.54) is 0 Å². The summed E-state index contributed by atoms with van der Waals surface area (Å²) in [5.74, 6) is 0.126. The Bertz CT molecular complexity index is 1140. The van der Waals surface area contributed by atoms with Crippen LogP contribution in [0.15, 0.2) is 42.5 Å². The second-order valence-corrected chi connectivity index (χ2v) is 7.30. The van der Waals surface area contributed by atoms with Gasteiger partial charge < -0.3 is 19.5 Å². The number of hydrogen-bond donors (Lipinski definition) is 1. The van der Waals surface area contributed by atoms with Gasteiger partial charge in [-0.3, -0.25) is 4.79 Å². The largest absolute Gasteiger partial charge is 0.486 e. The normalized spacial score (nSPS) is 12.4. The third kappa shape index (κ3) is 4.49. The highest BCUT2D eigenvalue weighted by atomic mass is 35.5. The second-order valence-electron chi connectivity index (χ2n) is 6.93. The van der Waals surface area contributed by atoms with E-state index in [0.29, 0.717) is 41.0 Å². The van der Waals surface area contributed by atoms with Crippen LogP contribution in [0, 0.1) is 13.8 Å². The number of rotatable bonds is 5. The minimum absolute atomic E-state index is 0.323. The molecular formula is C22H20ClN3O5. The quantitative estimate of drug-likeness (QED) is 0.607. The zero-order chi connectivity index (χ0) is 22.0. The molecule has 0 saturated carbocycles. The number of halogens is 1. The number of benzene rings is 2. The van der Waals surface area contributed by atoms with Gasteiger partial charge in [-0.1, -0.05) is 11.6 Å². The lowest BCUT2D eigenvalue weighted by atomic mass is 10.2. The zero-order valence-corrected chi connectivity index (χ0v) is 17.7. The molecule has 1 N–H and O–H groups in total. The van der Waals surface area contributed by atoms with Crippen molar-refractivity contribution in [2.24, 2.45) is 0 Å². The summed E-state index contributed by atoms with van der Waals surface area (Å²) in [5.41, 5.74) is 3.15. The molecule has 2 aromatic carbocycles. The van der Waals surface area contributed by atoms with Crippen molar-refractivity contribution in [3.8, 4) is 17.2 Å². The molecule has 0 bridgehead atoms. The van der Waals surface area contributed by atoms with Gasteiger partial charge in [0.05, 0.1) is 27.7 Å². The lowest BCUT2D eigenvalue weighted by molar-refractivity contribution is -0.119. The number of carbonyl (C=O) groups is 2. The van der Waals surface area contributed by atoms with Gasteiger partial charge in [-0.25, -0.2) is 9.48 Å². The Balaban J connectivity index is 1.34. The van der Waals surface area contributed by atoms with E-state index in [-0.39, 0.29) is 0 Å².